The lowest BCUT2D eigenvalue weighted by atomic mass is 10.1. The van der Waals surface area contributed by atoms with Crippen molar-refractivity contribution in [3.63, 3.8) is 0 Å². The third-order valence-corrected chi connectivity index (χ3v) is 3.40. The van der Waals surface area contributed by atoms with Gasteiger partial charge in [0.15, 0.2) is 0 Å². The van der Waals surface area contributed by atoms with E-state index in [9.17, 15) is 14.5 Å². The SMILES string of the molecule is Cn1cc(Nc2ncc(Cl)c(-c3cc([N+](=O)[O-])ccc3F)n2)cn1. The molecule has 3 rings (SSSR count). The number of hydrogen-bond acceptors (Lipinski definition) is 6. The largest absolute Gasteiger partial charge is 0.321 e. The lowest BCUT2D eigenvalue weighted by Gasteiger charge is -2.08. The molecule has 0 amide bonds. The maximum absolute atomic E-state index is 14.1. The quantitative estimate of drug-likeness (QED) is 0.573. The molecule has 2 heterocycles. The maximum Gasteiger partial charge on any atom is 0.270 e. The molecule has 0 saturated heterocycles. The van der Waals surface area contributed by atoms with Crippen LogP contribution in [0.5, 0.6) is 0 Å². The third kappa shape index (κ3) is 3.15. The van der Waals surface area contributed by atoms with Crippen molar-refractivity contribution in [2.75, 3.05) is 5.32 Å². The average Bonchev–Trinajstić information content (AvgIpc) is 2.95. The molecular weight excluding hydrogens is 339 g/mol. The molecule has 1 aromatic carbocycles. The monoisotopic (exact) mass is 348 g/mol. The third-order valence-electron chi connectivity index (χ3n) is 3.12. The van der Waals surface area contributed by atoms with Gasteiger partial charge in [-0.2, -0.15) is 5.10 Å². The molecule has 24 heavy (non-hydrogen) atoms. The number of rotatable bonds is 4. The van der Waals surface area contributed by atoms with Crippen LogP contribution in [-0.4, -0.2) is 24.7 Å². The van der Waals surface area contributed by atoms with E-state index in [1.165, 1.54) is 6.20 Å². The summed E-state index contributed by atoms with van der Waals surface area (Å²) in [6.07, 6.45) is 4.55. The van der Waals surface area contributed by atoms with E-state index >= 15 is 0 Å². The summed E-state index contributed by atoms with van der Waals surface area (Å²) < 4.78 is 15.7. The molecule has 0 spiro atoms. The highest BCUT2D eigenvalue weighted by molar-refractivity contribution is 6.32. The zero-order valence-electron chi connectivity index (χ0n) is 12.3. The summed E-state index contributed by atoms with van der Waals surface area (Å²) in [6.45, 7) is 0. The highest BCUT2D eigenvalue weighted by Crippen LogP contribution is 2.31. The molecule has 1 N–H and O–H groups in total. The Hall–Kier alpha value is -3.07. The van der Waals surface area contributed by atoms with Gasteiger partial charge < -0.3 is 5.32 Å². The minimum Gasteiger partial charge on any atom is -0.321 e. The van der Waals surface area contributed by atoms with Crippen molar-refractivity contribution in [1.82, 2.24) is 19.7 Å². The molecule has 8 nitrogen and oxygen atoms in total. The van der Waals surface area contributed by atoms with Gasteiger partial charge in [0.05, 0.1) is 33.7 Å². The molecular formula is C14H10ClFN6O2. The van der Waals surface area contributed by atoms with Gasteiger partial charge in [0.25, 0.3) is 5.69 Å². The molecule has 10 heteroatoms. The van der Waals surface area contributed by atoms with Crippen molar-refractivity contribution in [2.45, 2.75) is 0 Å². The summed E-state index contributed by atoms with van der Waals surface area (Å²) >= 11 is 6.04. The second-order valence-electron chi connectivity index (χ2n) is 4.84. The van der Waals surface area contributed by atoms with Crippen LogP contribution in [0.3, 0.4) is 0 Å². The summed E-state index contributed by atoms with van der Waals surface area (Å²) in [7, 11) is 1.75. The highest BCUT2D eigenvalue weighted by Gasteiger charge is 2.17. The minimum atomic E-state index is -0.673. The summed E-state index contributed by atoms with van der Waals surface area (Å²) in [6, 6.07) is 3.15. The molecule has 0 aliphatic heterocycles. The Bertz CT molecular complexity index is 929. The van der Waals surface area contributed by atoms with Crippen LogP contribution in [0.15, 0.2) is 36.8 Å². The van der Waals surface area contributed by atoms with Crippen LogP contribution < -0.4 is 5.32 Å². The Kier molecular flexibility index (Phi) is 4.09. The second-order valence-corrected chi connectivity index (χ2v) is 5.25. The first-order valence-electron chi connectivity index (χ1n) is 6.66. The number of benzene rings is 1. The predicted molar refractivity (Wildman–Crippen MR) is 85.6 cm³/mol. The Morgan fingerprint density at radius 1 is 1.38 bits per heavy atom. The standard InChI is InChI=1S/C14H10ClFN6O2/c1-21-7-8(5-18-21)19-14-17-6-11(15)13(20-14)10-4-9(22(23)24)2-3-12(10)16/h2-7H,1H3,(H,17,19,20). The van der Waals surface area contributed by atoms with Crippen molar-refractivity contribution in [1.29, 1.82) is 0 Å². The van der Waals surface area contributed by atoms with Gasteiger partial charge in [0.1, 0.15) is 5.82 Å². The zero-order chi connectivity index (χ0) is 17.3. The number of nitro groups is 1. The van der Waals surface area contributed by atoms with Gasteiger partial charge in [0, 0.05) is 30.9 Å². The lowest BCUT2D eigenvalue weighted by Crippen LogP contribution is -2.00. The van der Waals surface area contributed by atoms with Gasteiger partial charge in [-0.3, -0.25) is 14.8 Å². The topological polar surface area (TPSA) is 98.8 Å². The number of aromatic nitrogens is 4. The Balaban J connectivity index is 2.03. The van der Waals surface area contributed by atoms with E-state index in [-0.39, 0.29) is 27.9 Å². The molecule has 0 atom stereocenters. The summed E-state index contributed by atoms with van der Waals surface area (Å²) in [5, 5.41) is 17.9. The molecule has 0 unspecified atom stereocenters. The number of aryl methyl sites for hydroxylation is 1. The van der Waals surface area contributed by atoms with Crippen molar-refractivity contribution in [3.05, 3.63) is 57.7 Å². The van der Waals surface area contributed by atoms with E-state index in [2.05, 4.69) is 20.4 Å². The van der Waals surface area contributed by atoms with Crippen LogP contribution in [0.25, 0.3) is 11.3 Å². The Morgan fingerprint density at radius 3 is 2.83 bits per heavy atom. The van der Waals surface area contributed by atoms with E-state index < -0.39 is 10.7 Å². The van der Waals surface area contributed by atoms with E-state index in [1.807, 2.05) is 0 Å². The van der Waals surface area contributed by atoms with E-state index in [0.29, 0.717) is 5.69 Å². The summed E-state index contributed by atoms with van der Waals surface area (Å²) in [5.74, 6) is -0.512. The number of halogens is 2. The van der Waals surface area contributed by atoms with Gasteiger partial charge in [0.2, 0.25) is 5.95 Å². The fourth-order valence-corrected chi connectivity index (χ4v) is 2.23. The van der Waals surface area contributed by atoms with Crippen LogP contribution in [0.1, 0.15) is 0 Å². The van der Waals surface area contributed by atoms with Gasteiger partial charge >= 0.3 is 0 Å². The molecule has 3 aromatic rings. The molecule has 0 aliphatic rings. The first-order chi connectivity index (χ1) is 11.4. The molecule has 0 aliphatic carbocycles. The number of nitro benzene ring substituents is 1. The van der Waals surface area contributed by atoms with Crippen LogP contribution >= 0.6 is 11.6 Å². The van der Waals surface area contributed by atoms with Gasteiger partial charge in [-0.05, 0) is 6.07 Å². The fourth-order valence-electron chi connectivity index (χ4n) is 2.04. The molecule has 122 valence electrons. The van der Waals surface area contributed by atoms with Crippen molar-refractivity contribution in [3.8, 4) is 11.3 Å². The van der Waals surface area contributed by atoms with Crippen LogP contribution in [0, 0.1) is 15.9 Å². The number of anilines is 2. The summed E-state index contributed by atoms with van der Waals surface area (Å²) in [4.78, 5) is 18.4. The maximum atomic E-state index is 14.1. The van der Waals surface area contributed by atoms with Crippen LogP contribution in [-0.2, 0) is 7.05 Å². The van der Waals surface area contributed by atoms with Gasteiger partial charge in [-0.1, -0.05) is 11.6 Å². The van der Waals surface area contributed by atoms with Crippen LogP contribution in [0.2, 0.25) is 5.02 Å². The number of nitrogens with zero attached hydrogens (tertiary/aromatic N) is 5. The molecule has 2 aromatic heterocycles. The average molecular weight is 349 g/mol. The van der Waals surface area contributed by atoms with Crippen molar-refractivity contribution >= 4 is 28.9 Å². The van der Waals surface area contributed by atoms with E-state index in [1.54, 1.807) is 24.1 Å². The smallest absolute Gasteiger partial charge is 0.270 e. The summed E-state index contributed by atoms with van der Waals surface area (Å²) in [5.41, 5.74) is 0.346. The van der Waals surface area contributed by atoms with E-state index in [0.717, 1.165) is 18.2 Å². The Labute approximate surface area is 140 Å². The molecule has 0 radical (unpaired) electrons. The predicted octanol–water partition coefficient (Wildman–Crippen LogP) is 3.32. The number of nitrogens with one attached hydrogen (secondary N) is 1. The fraction of sp³-hybridized carbons (Fsp3) is 0.0714. The van der Waals surface area contributed by atoms with Crippen LogP contribution in [0.4, 0.5) is 21.7 Å². The highest BCUT2D eigenvalue weighted by atomic mass is 35.5. The van der Waals surface area contributed by atoms with Gasteiger partial charge in [-0.25, -0.2) is 14.4 Å². The van der Waals surface area contributed by atoms with Gasteiger partial charge in [-0.15, -0.1) is 0 Å². The molecule has 0 saturated carbocycles. The van der Waals surface area contributed by atoms with Crippen molar-refractivity contribution in [2.24, 2.45) is 7.05 Å². The minimum absolute atomic E-state index is 0.0549. The van der Waals surface area contributed by atoms with Crippen molar-refractivity contribution < 1.29 is 9.31 Å². The Morgan fingerprint density at radius 2 is 2.17 bits per heavy atom. The molecule has 0 bridgehead atoms. The first kappa shape index (κ1) is 15.8. The number of non-ortho nitro benzene ring substituents is 1. The molecule has 0 fully saturated rings. The second kappa shape index (κ2) is 6.20. The normalized spacial score (nSPS) is 10.6. The lowest BCUT2D eigenvalue weighted by molar-refractivity contribution is -0.384. The number of hydrogen-bond donors (Lipinski definition) is 1. The zero-order valence-corrected chi connectivity index (χ0v) is 13.0. The van der Waals surface area contributed by atoms with E-state index in [4.69, 9.17) is 11.6 Å². The first-order valence-corrected chi connectivity index (χ1v) is 7.04.